The molecule has 0 amide bonds. The topological polar surface area (TPSA) is 43.4 Å². The summed E-state index contributed by atoms with van der Waals surface area (Å²) in [6.45, 7) is 3.13. The van der Waals surface area contributed by atoms with E-state index in [2.05, 4.69) is 0 Å². The third-order valence-electron chi connectivity index (χ3n) is 2.57. The molecule has 8 heteroatoms. The lowest BCUT2D eigenvalue weighted by atomic mass is 10.1. The zero-order chi connectivity index (χ0) is 15.6. The first-order valence-electron chi connectivity index (χ1n) is 5.76. The Labute approximate surface area is 120 Å². The molecule has 0 atom stereocenters. The van der Waals surface area contributed by atoms with Crippen molar-refractivity contribution in [1.82, 2.24) is 0 Å². The smallest absolute Gasteiger partial charge is 0.389 e. The lowest BCUT2D eigenvalue weighted by molar-refractivity contribution is -0.136. The molecule has 0 aliphatic rings. The first-order valence-corrected chi connectivity index (χ1v) is 8.07. The molecule has 1 aromatic carbocycles. The predicted octanol–water partition coefficient (Wildman–Crippen LogP) is 3.95. The molecular weight excluding hydrogens is 317 g/mol. The van der Waals surface area contributed by atoms with Crippen molar-refractivity contribution in [3.8, 4) is 5.75 Å². The van der Waals surface area contributed by atoms with Crippen LogP contribution in [-0.2, 0) is 9.05 Å². The molecule has 0 heterocycles. The molecule has 0 aliphatic heterocycles. The van der Waals surface area contributed by atoms with E-state index in [4.69, 9.17) is 15.4 Å². The van der Waals surface area contributed by atoms with Gasteiger partial charge in [-0.25, -0.2) is 8.42 Å². The van der Waals surface area contributed by atoms with Gasteiger partial charge in [0.15, 0.2) is 0 Å². The highest BCUT2D eigenvalue weighted by molar-refractivity contribution is 8.13. The highest BCUT2D eigenvalue weighted by Gasteiger charge is 2.26. The van der Waals surface area contributed by atoms with E-state index in [0.29, 0.717) is 16.9 Å². The van der Waals surface area contributed by atoms with Gasteiger partial charge in [0.05, 0.1) is 11.5 Å². The first-order chi connectivity index (χ1) is 9.00. The van der Waals surface area contributed by atoms with E-state index < -0.39 is 21.6 Å². The van der Waals surface area contributed by atoms with Gasteiger partial charge in [-0.15, -0.1) is 0 Å². The molecular formula is C12H14ClF3O3S. The highest BCUT2D eigenvalue weighted by atomic mass is 35.7. The van der Waals surface area contributed by atoms with Gasteiger partial charge in [0.1, 0.15) is 5.75 Å². The van der Waals surface area contributed by atoms with Gasteiger partial charge >= 0.3 is 6.18 Å². The average molecular weight is 331 g/mol. The summed E-state index contributed by atoms with van der Waals surface area (Å²) in [5.74, 6) is 0.385. The molecule has 0 aliphatic carbocycles. The first kappa shape index (κ1) is 17.1. The molecule has 0 radical (unpaired) electrons. The zero-order valence-corrected chi connectivity index (χ0v) is 12.5. The van der Waals surface area contributed by atoms with Crippen LogP contribution in [0.5, 0.6) is 5.75 Å². The number of benzene rings is 1. The van der Waals surface area contributed by atoms with Gasteiger partial charge in [-0.1, -0.05) is 0 Å². The molecule has 0 spiro atoms. The summed E-state index contributed by atoms with van der Waals surface area (Å²) in [5, 5.41) is 0. The summed E-state index contributed by atoms with van der Waals surface area (Å²) in [6.07, 6.45) is -5.28. The van der Waals surface area contributed by atoms with Crippen LogP contribution in [0.4, 0.5) is 13.2 Å². The second-order valence-electron chi connectivity index (χ2n) is 4.39. The summed E-state index contributed by atoms with van der Waals surface area (Å²) in [5.41, 5.74) is 1.02. The number of rotatable bonds is 5. The monoisotopic (exact) mass is 330 g/mol. The number of alkyl halides is 3. The number of ether oxygens (including phenoxy) is 1. The fourth-order valence-electron chi connectivity index (χ4n) is 1.73. The Hall–Kier alpha value is -0.950. The molecule has 1 aromatic rings. The van der Waals surface area contributed by atoms with Crippen LogP contribution < -0.4 is 4.74 Å². The standard InChI is InChI=1S/C12H14ClF3O3S/c1-8-6-10(20(13,17)18)7-9(2)11(8)19-5-3-4-12(14,15)16/h6-7H,3-5H2,1-2H3. The molecule has 0 fully saturated rings. The van der Waals surface area contributed by atoms with Crippen molar-refractivity contribution in [1.29, 1.82) is 0 Å². The van der Waals surface area contributed by atoms with E-state index in [9.17, 15) is 21.6 Å². The Morgan fingerprint density at radius 1 is 1.20 bits per heavy atom. The maximum atomic E-state index is 12.0. The van der Waals surface area contributed by atoms with Crippen molar-refractivity contribution in [2.75, 3.05) is 6.61 Å². The number of halogens is 4. The average Bonchev–Trinajstić information content (AvgIpc) is 2.23. The van der Waals surface area contributed by atoms with E-state index >= 15 is 0 Å². The molecule has 0 aromatic heterocycles. The molecule has 0 saturated heterocycles. The second kappa shape index (κ2) is 6.22. The lowest BCUT2D eigenvalue weighted by Gasteiger charge is -2.13. The van der Waals surface area contributed by atoms with Crippen LogP contribution in [0, 0.1) is 13.8 Å². The van der Waals surface area contributed by atoms with E-state index in [0.717, 1.165) is 0 Å². The maximum absolute atomic E-state index is 12.0. The minimum atomic E-state index is -4.20. The number of hydrogen-bond acceptors (Lipinski definition) is 3. The fourth-order valence-corrected chi connectivity index (χ4v) is 2.63. The minimum absolute atomic E-state index is 0.0585. The molecule has 0 saturated carbocycles. The van der Waals surface area contributed by atoms with Crippen molar-refractivity contribution >= 4 is 19.7 Å². The Morgan fingerprint density at radius 2 is 1.70 bits per heavy atom. The van der Waals surface area contributed by atoms with E-state index in [-0.39, 0.29) is 17.9 Å². The fraction of sp³-hybridized carbons (Fsp3) is 0.500. The number of aryl methyl sites for hydroxylation is 2. The van der Waals surface area contributed by atoms with E-state index in [1.807, 2.05) is 0 Å². The predicted molar refractivity (Wildman–Crippen MR) is 69.7 cm³/mol. The second-order valence-corrected chi connectivity index (χ2v) is 6.96. The molecule has 3 nitrogen and oxygen atoms in total. The van der Waals surface area contributed by atoms with Gasteiger partial charge in [-0.2, -0.15) is 13.2 Å². The van der Waals surface area contributed by atoms with Crippen LogP contribution in [0.1, 0.15) is 24.0 Å². The summed E-state index contributed by atoms with van der Waals surface area (Å²) in [6, 6.07) is 2.66. The van der Waals surface area contributed by atoms with E-state index in [1.165, 1.54) is 12.1 Å². The summed E-state index contributed by atoms with van der Waals surface area (Å²) in [4.78, 5) is -0.0585. The molecule has 0 N–H and O–H groups in total. The van der Waals surface area contributed by atoms with Crippen molar-refractivity contribution in [2.24, 2.45) is 0 Å². The van der Waals surface area contributed by atoms with Crippen LogP contribution >= 0.6 is 10.7 Å². The van der Waals surface area contributed by atoms with Crippen LogP contribution in [-0.4, -0.2) is 21.2 Å². The van der Waals surface area contributed by atoms with Gasteiger partial charge in [0.2, 0.25) is 0 Å². The Balaban J connectivity index is 2.78. The largest absolute Gasteiger partial charge is 0.493 e. The quantitative estimate of drug-likeness (QED) is 0.606. The van der Waals surface area contributed by atoms with Crippen LogP contribution in [0.15, 0.2) is 17.0 Å². The molecule has 20 heavy (non-hydrogen) atoms. The van der Waals surface area contributed by atoms with Crippen molar-refractivity contribution in [3.05, 3.63) is 23.3 Å². The Bertz CT molecular complexity index is 559. The van der Waals surface area contributed by atoms with Gasteiger partial charge in [0.25, 0.3) is 9.05 Å². The third-order valence-corrected chi connectivity index (χ3v) is 3.90. The molecule has 0 unspecified atom stereocenters. The summed E-state index contributed by atoms with van der Waals surface area (Å²) < 4.78 is 63.7. The lowest BCUT2D eigenvalue weighted by Crippen LogP contribution is -2.10. The van der Waals surface area contributed by atoms with E-state index in [1.54, 1.807) is 13.8 Å². The van der Waals surface area contributed by atoms with Crippen LogP contribution in [0.2, 0.25) is 0 Å². The summed E-state index contributed by atoms with van der Waals surface area (Å²) in [7, 11) is 1.40. The van der Waals surface area contributed by atoms with Gasteiger partial charge < -0.3 is 4.74 Å². The van der Waals surface area contributed by atoms with Gasteiger partial charge in [0, 0.05) is 17.1 Å². The molecule has 1 rings (SSSR count). The van der Waals surface area contributed by atoms with Crippen molar-refractivity contribution < 1.29 is 26.3 Å². The van der Waals surface area contributed by atoms with Crippen LogP contribution in [0.25, 0.3) is 0 Å². The Kier molecular flexibility index (Phi) is 5.32. The van der Waals surface area contributed by atoms with Gasteiger partial charge in [-0.3, -0.25) is 0 Å². The van der Waals surface area contributed by atoms with Gasteiger partial charge in [-0.05, 0) is 43.5 Å². The maximum Gasteiger partial charge on any atom is 0.389 e. The molecule has 114 valence electrons. The molecule has 0 bridgehead atoms. The highest BCUT2D eigenvalue weighted by Crippen LogP contribution is 2.29. The Morgan fingerprint density at radius 3 is 2.10 bits per heavy atom. The normalized spacial score (nSPS) is 12.5. The third kappa shape index (κ3) is 5.20. The van der Waals surface area contributed by atoms with Crippen LogP contribution in [0.3, 0.4) is 0 Å². The van der Waals surface area contributed by atoms with Crippen molar-refractivity contribution in [3.63, 3.8) is 0 Å². The zero-order valence-electron chi connectivity index (χ0n) is 10.9. The number of hydrogen-bond donors (Lipinski definition) is 0. The summed E-state index contributed by atoms with van der Waals surface area (Å²) >= 11 is 0. The van der Waals surface area contributed by atoms with Crippen molar-refractivity contribution in [2.45, 2.75) is 37.8 Å². The SMILES string of the molecule is Cc1cc(S(=O)(=O)Cl)cc(C)c1OCCCC(F)(F)F. The minimum Gasteiger partial charge on any atom is -0.493 e.